The number of nitrogens with zero attached hydrogens (tertiary/aromatic N) is 5. The van der Waals surface area contributed by atoms with Gasteiger partial charge in [0.1, 0.15) is 30.2 Å². The molecule has 5 rings (SSSR count). The molecule has 2 amide bonds. The number of rotatable bonds is 25. The number of hydrogen-bond donors (Lipinski definition) is 7. The molecule has 1 aromatic carbocycles. The second kappa shape index (κ2) is 23.5. The number of carbonyl (C=O) groups excluding carboxylic acids is 2. The number of aliphatic hydroxyl groups excluding tert-OH is 2. The van der Waals surface area contributed by atoms with Crippen LogP contribution in [0, 0.1) is 0 Å². The van der Waals surface area contributed by atoms with Gasteiger partial charge in [0.2, 0.25) is 17.1 Å². The Morgan fingerprint density at radius 1 is 0.952 bits per heavy atom. The van der Waals surface area contributed by atoms with Crippen LogP contribution < -0.4 is 10.6 Å². The highest BCUT2D eigenvalue weighted by molar-refractivity contribution is 7.70. The first-order chi connectivity index (χ1) is 29.5. The fourth-order valence-corrected chi connectivity index (χ4v) is 9.33. The van der Waals surface area contributed by atoms with Crippen molar-refractivity contribution in [2.75, 3.05) is 83.8 Å². The van der Waals surface area contributed by atoms with E-state index in [1.165, 1.54) is 6.20 Å². The molecule has 2 aliphatic heterocycles. The van der Waals surface area contributed by atoms with Crippen LogP contribution in [0.3, 0.4) is 0 Å². The van der Waals surface area contributed by atoms with Crippen LogP contribution in [-0.2, 0) is 46.9 Å². The Morgan fingerprint density at radius 2 is 1.58 bits per heavy atom. The number of halogens is 1. The number of aromatic nitrogens is 4. The molecule has 0 bridgehead atoms. The summed E-state index contributed by atoms with van der Waals surface area (Å²) in [5.74, 6) is -1.78. The average Bonchev–Trinajstić information content (AvgIpc) is 3.76. The van der Waals surface area contributed by atoms with Crippen molar-refractivity contribution >= 4 is 55.5 Å². The lowest BCUT2D eigenvalue weighted by Crippen LogP contribution is -2.48. The van der Waals surface area contributed by atoms with Gasteiger partial charge in [-0.1, -0.05) is 42.5 Å². The molecule has 0 aliphatic carbocycles. The minimum atomic E-state index is -4.91. The Kier molecular flexibility index (Phi) is 18.8. The molecule has 4 heterocycles. The fraction of sp³-hybridized carbons (Fsp3) is 0.595. The van der Waals surface area contributed by atoms with E-state index in [0.717, 1.165) is 10.3 Å². The van der Waals surface area contributed by atoms with E-state index in [0.29, 0.717) is 77.7 Å². The molecule has 22 nitrogen and oxygen atoms in total. The third kappa shape index (κ3) is 15.1. The van der Waals surface area contributed by atoms with Crippen molar-refractivity contribution in [2.24, 2.45) is 0 Å². The molecule has 3 aromatic rings. The summed E-state index contributed by atoms with van der Waals surface area (Å²) < 4.78 is 56.9. The summed E-state index contributed by atoms with van der Waals surface area (Å²) in [4.78, 5) is 65.2. The number of fused-ring (bicyclic) bond motifs is 1. The number of likely N-dealkylation sites (tertiary alicyclic amines) is 1. The molecule has 0 radical (unpaired) electrons. The Morgan fingerprint density at radius 3 is 2.21 bits per heavy atom. The van der Waals surface area contributed by atoms with Crippen LogP contribution in [0.2, 0.25) is 5.28 Å². The zero-order chi connectivity index (χ0) is 44.9. The summed E-state index contributed by atoms with van der Waals surface area (Å²) in [5.41, 5.74) is 1.57. The largest absolute Gasteiger partial charge is 0.387 e. The van der Waals surface area contributed by atoms with Crippen LogP contribution in [-0.4, -0.2) is 164 Å². The number of nitrogens with one attached hydrogen (secondary N) is 2. The van der Waals surface area contributed by atoms with Gasteiger partial charge < -0.3 is 68.6 Å². The van der Waals surface area contributed by atoms with Crippen molar-refractivity contribution in [1.82, 2.24) is 30.0 Å². The molecule has 1 unspecified atom stereocenters. The molecular weight excluding hydrogens is 880 g/mol. The molecule has 0 spiro atoms. The number of carbonyl (C=O) groups is 2. The Balaban J connectivity index is 1.12. The molecule has 344 valence electrons. The zero-order valence-corrected chi connectivity index (χ0v) is 36.6. The van der Waals surface area contributed by atoms with E-state index in [1.807, 2.05) is 6.92 Å². The molecule has 7 N–H and O–H groups in total. The number of ether oxygens (including phenoxy) is 5. The standard InChI is InChI=1S/C37H54ClN7O15P2/c1-24(2)21-58-19-18-57-17-16-56-15-14-55-13-10-29(46)44-11-8-26(9-12-44)40-35(49)30(25-6-4-3-5-7-25)41-33-27-20-39-45(34(27)43-37(38)42-33)36-32(48)31(47)28(60-36)22-59-62(53,54)23-61(50,51)52/h3-7,20,26,28,30-32,36,47-48H,1,8-19,21-23H2,2H3,(H,40,49)(H,53,54)(H,41,42,43)(H2,50,51,52)/t28-,30-,31-,32-,36-/m1/s1. The molecule has 2 aliphatic rings. The number of piperidine rings is 1. The summed E-state index contributed by atoms with van der Waals surface area (Å²) in [7, 11) is -9.71. The van der Waals surface area contributed by atoms with E-state index in [4.69, 9.17) is 49.6 Å². The second-order valence-electron chi connectivity index (χ2n) is 14.7. The first-order valence-corrected chi connectivity index (χ1v) is 23.7. The highest BCUT2D eigenvalue weighted by Crippen LogP contribution is 2.55. The summed E-state index contributed by atoms with van der Waals surface area (Å²) in [5, 5.41) is 32.0. The molecule has 2 aromatic heterocycles. The van der Waals surface area contributed by atoms with Gasteiger partial charge in [-0.25, -0.2) is 4.68 Å². The predicted molar refractivity (Wildman–Crippen MR) is 222 cm³/mol. The van der Waals surface area contributed by atoms with Gasteiger partial charge in [-0.05, 0) is 36.9 Å². The van der Waals surface area contributed by atoms with Crippen molar-refractivity contribution < 1.29 is 71.8 Å². The number of benzene rings is 1. The lowest BCUT2D eigenvalue weighted by molar-refractivity contribution is -0.133. The summed E-state index contributed by atoms with van der Waals surface area (Å²) in [6.07, 6.45) is -3.59. The Bertz CT molecular complexity index is 2040. The van der Waals surface area contributed by atoms with Crippen molar-refractivity contribution in [3.05, 3.63) is 59.5 Å². The first kappa shape index (κ1) is 49.6. The van der Waals surface area contributed by atoms with E-state index in [9.17, 15) is 33.8 Å². The number of amides is 2. The van der Waals surface area contributed by atoms with E-state index >= 15 is 0 Å². The maximum atomic E-state index is 14.0. The van der Waals surface area contributed by atoms with Crippen LogP contribution in [0.5, 0.6) is 0 Å². The van der Waals surface area contributed by atoms with E-state index in [2.05, 4.69) is 32.3 Å². The SMILES string of the molecule is C=C(C)COCCOCCOCCOCCC(=O)N1CCC(NC(=O)[C@H](Nc2nc(Cl)nc3c2cnn3[C@@H]2O[C@H](COP(=O)(O)CP(=O)(O)O)[C@@H](O)[C@H]2O)c2ccccc2)CC1. The molecule has 25 heteroatoms. The quantitative estimate of drug-likeness (QED) is 0.0275. The summed E-state index contributed by atoms with van der Waals surface area (Å²) in [6, 6.07) is 7.62. The van der Waals surface area contributed by atoms with Gasteiger partial charge >= 0.3 is 15.2 Å². The van der Waals surface area contributed by atoms with Gasteiger partial charge in [0, 0.05) is 19.1 Å². The van der Waals surface area contributed by atoms with E-state index in [1.54, 1.807) is 35.2 Å². The Hall–Kier alpha value is -3.44. The van der Waals surface area contributed by atoms with E-state index < -0.39 is 58.3 Å². The van der Waals surface area contributed by atoms with Gasteiger partial charge in [0.15, 0.2) is 17.8 Å². The van der Waals surface area contributed by atoms with Crippen molar-refractivity contribution in [3.63, 3.8) is 0 Å². The molecule has 6 atom stereocenters. The molecule has 62 heavy (non-hydrogen) atoms. The molecule has 2 saturated heterocycles. The third-order valence-corrected chi connectivity index (χ3v) is 13.2. The van der Waals surface area contributed by atoms with Crippen LogP contribution in [0.4, 0.5) is 5.82 Å². The fourth-order valence-electron chi connectivity index (χ4n) is 6.59. The lowest BCUT2D eigenvalue weighted by atomic mass is 10.0. The van der Waals surface area contributed by atoms with Crippen molar-refractivity contribution in [1.29, 1.82) is 0 Å². The maximum Gasteiger partial charge on any atom is 0.340 e. The zero-order valence-electron chi connectivity index (χ0n) is 34.1. The monoisotopic (exact) mass is 933 g/mol. The lowest BCUT2D eigenvalue weighted by Gasteiger charge is -2.33. The number of aliphatic hydroxyl groups is 2. The minimum absolute atomic E-state index is 0.0283. The summed E-state index contributed by atoms with van der Waals surface area (Å²) >= 11 is 6.35. The highest BCUT2D eigenvalue weighted by atomic mass is 35.5. The predicted octanol–water partition coefficient (Wildman–Crippen LogP) is 1.73. The number of hydrogen-bond acceptors (Lipinski definition) is 16. The van der Waals surface area contributed by atoms with Crippen molar-refractivity contribution in [3.8, 4) is 0 Å². The molecule has 2 fully saturated rings. The highest BCUT2D eigenvalue weighted by Gasteiger charge is 2.46. The van der Waals surface area contributed by atoms with Crippen molar-refractivity contribution in [2.45, 2.75) is 62.8 Å². The van der Waals surface area contributed by atoms with Gasteiger partial charge in [0.25, 0.3) is 0 Å². The topological polar surface area (TPSA) is 296 Å². The first-order valence-electron chi connectivity index (χ1n) is 19.8. The van der Waals surface area contributed by atoms with Crippen LogP contribution in [0.1, 0.15) is 44.0 Å². The molecule has 0 saturated carbocycles. The maximum absolute atomic E-state index is 14.0. The summed E-state index contributed by atoms with van der Waals surface area (Å²) in [6.45, 7) is 9.07. The van der Waals surface area contributed by atoms with Crippen LogP contribution in [0.15, 0.2) is 48.7 Å². The van der Waals surface area contributed by atoms with Gasteiger partial charge in [-0.3, -0.25) is 18.7 Å². The Labute approximate surface area is 362 Å². The van der Waals surface area contributed by atoms with Crippen LogP contribution in [0.25, 0.3) is 11.0 Å². The average molecular weight is 934 g/mol. The number of anilines is 1. The second-order valence-corrected chi connectivity index (χ2v) is 19.0. The molecular formula is C37H54ClN7O15P2. The van der Waals surface area contributed by atoms with Gasteiger partial charge in [-0.2, -0.15) is 15.1 Å². The third-order valence-electron chi connectivity index (χ3n) is 9.60. The smallest absolute Gasteiger partial charge is 0.340 e. The normalized spacial score (nSPS) is 21.2. The van der Waals surface area contributed by atoms with Crippen LogP contribution >= 0.6 is 26.8 Å². The van der Waals surface area contributed by atoms with Gasteiger partial charge in [-0.15, -0.1) is 0 Å². The van der Waals surface area contributed by atoms with E-state index in [-0.39, 0.29) is 53.0 Å². The van der Waals surface area contributed by atoms with Gasteiger partial charge in [0.05, 0.1) is 77.5 Å². The minimum Gasteiger partial charge on any atom is -0.387 e.